The molecule has 21 heavy (non-hydrogen) atoms. The van der Waals surface area contributed by atoms with Crippen LogP contribution in [-0.4, -0.2) is 31.3 Å². The monoisotopic (exact) mass is 300 g/mol. The van der Waals surface area contributed by atoms with E-state index in [1.165, 1.54) is 6.07 Å². The van der Waals surface area contributed by atoms with Crippen LogP contribution in [0.15, 0.2) is 18.2 Å². The molecule has 1 aliphatic rings. The van der Waals surface area contributed by atoms with Crippen LogP contribution in [0.2, 0.25) is 0 Å². The molecule has 1 aromatic carbocycles. The van der Waals surface area contributed by atoms with E-state index in [1.54, 1.807) is 19.1 Å². The van der Waals surface area contributed by atoms with Crippen LogP contribution in [0.25, 0.3) is 0 Å². The van der Waals surface area contributed by atoms with Crippen LogP contribution in [-0.2, 0) is 9.53 Å². The van der Waals surface area contributed by atoms with Crippen LogP contribution in [0.5, 0.6) is 5.75 Å². The third-order valence-electron chi connectivity index (χ3n) is 3.33. The van der Waals surface area contributed by atoms with Crippen molar-refractivity contribution >= 4 is 11.6 Å². The van der Waals surface area contributed by atoms with Gasteiger partial charge < -0.3 is 20.5 Å². The maximum absolute atomic E-state index is 12.3. The first-order valence-corrected chi connectivity index (χ1v) is 6.71. The molecule has 0 saturated carbocycles. The third-order valence-corrected chi connectivity index (χ3v) is 3.33. The number of hydrogen-bond acceptors (Lipinski definition) is 4. The van der Waals surface area contributed by atoms with Gasteiger partial charge in [0.05, 0.1) is 6.10 Å². The van der Waals surface area contributed by atoms with Gasteiger partial charge in [-0.05, 0) is 31.4 Å². The molecule has 1 fully saturated rings. The smallest absolute Gasteiger partial charge is 0.387 e. The lowest BCUT2D eigenvalue weighted by Gasteiger charge is -2.14. The molecular formula is C14H18F2N2O3. The summed E-state index contributed by atoms with van der Waals surface area (Å²) in [6.45, 7) is -0.881. The number of aryl methyl sites for hydroxylation is 1. The number of nitrogens with two attached hydrogens (primary N) is 1. The van der Waals surface area contributed by atoms with Crippen LogP contribution < -0.4 is 15.8 Å². The lowest BCUT2D eigenvalue weighted by molar-refractivity contribution is -0.126. The Balaban J connectivity index is 2.01. The Morgan fingerprint density at radius 2 is 2.29 bits per heavy atom. The summed E-state index contributed by atoms with van der Waals surface area (Å²) in [7, 11) is 0. The van der Waals surface area contributed by atoms with E-state index in [-0.39, 0.29) is 17.8 Å². The Bertz CT molecular complexity index is 511. The zero-order chi connectivity index (χ0) is 15.4. The van der Waals surface area contributed by atoms with Gasteiger partial charge in [-0.3, -0.25) is 4.79 Å². The number of nitrogens with one attached hydrogen (secondary N) is 1. The maximum atomic E-state index is 12.3. The average molecular weight is 300 g/mol. The second-order valence-corrected chi connectivity index (χ2v) is 4.91. The van der Waals surface area contributed by atoms with Crippen molar-refractivity contribution in [3.63, 3.8) is 0 Å². The molecule has 3 N–H and O–H groups in total. The number of carbonyl (C=O) groups excluding carboxylic acids is 1. The molecule has 0 radical (unpaired) electrons. The first-order valence-electron chi connectivity index (χ1n) is 6.71. The molecule has 0 spiro atoms. The van der Waals surface area contributed by atoms with Crippen molar-refractivity contribution in [2.24, 2.45) is 5.73 Å². The molecule has 0 aliphatic carbocycles. The van der Waals surface area contributed by atoms with Gasteiger partial charge in [0.25, 0.3) is 5.91 Å². The Labute approximate surface area is 121 Å². The number of ether oxygens (including phenoxy) is 2. The summed E-state index contributed by atoms with van der Waals surface area (Å²) in [5, 5.41) is 2.64. The van der Waals surface area contributed by atoms with Crippen LogP contribution in [0.4, 0.5) is 14.5 Å². The number of halogens is 2. The van der Waals surface area contributed by atoms with E-state index in [2.05, 4.69) is 10.1 Å². The van der Waals surface area contributed by atoms with Crippen molar-refractivity contribution in [3.05, 3.63) is 23.8 Å². The number of amides is 1. The molecule has 1 amide bonds. The second kappa shape index (κ2) is 6.82. The fourth-order valence-electron chi connectivity index (χ4n) is 2.20. The minimum Gasteiger partial charge on any atom is -0.434 e. The predicted octanol–water partition coefficient (Wildman–Crippen LogP) is 2.04. The standard InChI is InChI=1S/C14H18F2N2O3/c1-8-2-3-9(6-12(8)21-14(15)16)18-13(19)11-5-4-10(7-17)20-11/h2-3,6,10-11,14H,4-5,7,17H2,1H3,(H,18,19)/t10-,11+/m1/s1. The van der Waals surface area contributed by atoms with E-state index in [0.717, 1.165) is 6.42 Å². The summed E-state index contributed by atoms with van der Waals surface area (Å²) < 4.78 is 34.4. The second-order valence-electron chi connectivity index (χ2n) is 4.91. The topological polar surface area (TPSA) is 73.6 Å². The largest absolute Gasteiger partial charge is 0.434 e. The molecule has 1 heterocycles. The highest BCUT2D eigenvalue weighted by Crippen LogP contribution is 2.25. The number of rotatable bonds is 5. The number of alkyl halides is 2. The van der Waals surface area contributed by atoms with Crippen LogP contribution in [0, 0.1) is 6.92 Å². The molecule has 0 aromatic heterocycles. The van der Waals surface area contributed by atoms with Crippen molar-refractivity contribution in [1.82, 2.24) is 0 Å². The lowest BCUT2D eigenvalue weighted by atomic mass is 10.1. The number of carbonyl (C=O) groups is 1. The first-order chi connectivity index (χ1) is 9.99. The molecule has 5 nitrogen and oxygen atoms in total. The molecule has 1 aromatic rings. The van der Waals surface area contributed by atoms with Gasteiger partial charge in [0.15, 0.2) is 0 Å². The minimum absolute atomic E-state index is 0.0370. The van der Waals surface area contributed by atoms with Crippen LogP contribution in [0.1, 0.15) is 18.4 Å². The van der Waals surface area contributed by atoms with Gasteiger partial charge >= 0.3 is 6.61 Å². The van der Waals surface area contributed by atoms with Gasteiger partial charge in [-0.15, -0.1) is 0 Å². The van der Waals surface area contributed by atoms with Crippen LogP contribution in [0.3, 0.4) is 0 Å². The summed E-state index contributed by atoms with van der Waals surface area (Å²) in [5.74, 6) is -0.271. The summed E-state index contributed by atoms with van der Waals surface area (Å²) in [5.41, 5.74) is 6.44. The van der Waals surface area contributed by atoms with E-state index in [1.807, 2.05) is 0 Å². The van der Waals surface area contributed by atoms with Gasteiger partial charge in [-0.2, -0.15) is 8.78 Å². The van der Waals surface area contributed by atoms with Gasteiger partial charge in [-0.1, -0.05) is 6.07 Å². The highest BCUT2D eigenvalue weighted by Gasteiger charge is 2.29. The van der Waals surface area contributed by atoms with Crippen LogP contribution >= 0.6 is 0 Å². The summed E-state index contributed by atoms with van der Waals surface area (Å²) in [6, 6.07) is 4.60. The van der Waals surface area contributed by atoms with Crippen molar-refractivity contribution in [2.75, 3.05) is 11.9 Å². The van der Waals surface area contributed by atoms with E-state index < -0.39 is 12.7 Å². The summed E-state index contributed by atoms with van der Waals surface area (Å²) in [6.07, 6.45) is 0.679. The molecule has 7 heteroatoms. The van der Waals surface area contributed by atoms with E-state index in [4.69, 9.17) is 10.5 Å². The van der Waals surface area contributed by atoms with Crippen molar-refractivity contribution < 1.29 is 23.0 Å². The third kappa shape index (κ3) is 4.12. The van der Waals surface area contributed by atoms with E-state index >= 15 is 0 Å². The van der Waals surface area contributed by atoms with Crippen molar-refractivity contribution in [2.45, 2.75) is 38.6 Å². The Kier molecular flexibility index (Phi) is 5.08. The summed E-state index contributed by atoms with van der Waals surface area (Å²) in [4.78, 5) is 12.0. The van der Waals surface area contributed by atoms with Gasteiger partial charge in [-0.25, -0.2) is 0 Å². The highest BCUT2D eigenvalue weighted by molar-refractivity contribution is 5.94. The van der Waals surface area contributed by atoms with Gasteiger partial charge in [0.1, 0.15) is 11.9 Å². The molecule has 0 unspecified atom stereocenters. The molecule has 116 valence electrons. The predicted molar refractivity (Wildman–Crippen MR) is 73.4 cm³/mol. The fraction of sp³-hybridized carbons (Fsp3) is 0.500. The molecule has 2 rings (SSSR count). The quantitative estimate of drug-likeness (QED) is 0.873. The molecule has 1 saturated heterocycles. The molecule has 1 aliphatic heterocycles. The Morgan fingerprint density at radius 1 is 1.52 bits per heavy atom. The fourth-order valence-corrected chi connectivity index (χ4v) is 2.20. The average Bonchev–Trinajstić information content (AvgIpc) is 2.91. The lowest BCUT2D eigenvalue weighted by Crippen LogP contribution is -2.29. The van der Waals surface area contributed by atoms with Crippen molar-refractivity contribution in [1.29, 1.82) is 0 Å². The highest BCUT2D eigenvalue weighted by atomic mass is 19.3. The minimum atomic E-state index is -2.90. The first kappa shape index (κ1) is 15.7. The SMILES string of the molecule is Cc1ccc(NC(=O)[C@@H]2CC[C@H](CN)O2)cc1OC(F)F. The van der Waals surface area contributed by atoms with E-state index in [9.17, 15) is 13.6 Å². The zero-order valence-corrected chi connectivity index (χ0v) is 11.6. The molecular weight excluding hydrogens is 282 g/mol. The number of hydrogen-bond donors (Lipinski definition) is 2. The molecule has 2 atom stereocenters. The number of anilines is 1. The molecule has 0 bridgehead atoms. The van der Waals surface area contributed by atoms with E-state index in [0.29, 0.717) is 24.2 Å². The normalized spacial score (nSPS) is 21.6. The Hall–Kier alpha value is -1.73. The summed E-state index contributed by atoms with van der Waals surface area (Å²) >= 11 is 0. The maximum Gasteiger partial charge on any atom is 0.387 e. The number of benzene rings is 1. The van der Waals surface area contributed by atoms with Gasteiger partial charge in [0.2, 0.25) is 0 Å². The van der Waals surface area contributed by atoms with Gasteiger partial charge in [0, 0.05) is 18.3 Å². The van der Waals surface area contributed by atoms with Crippen molar-refractivity contribution in [3.8, 4) is 5.75 Å². The zero-order valence-electron chi connectivity index (χ0n) is 11.6. The Morgan fingerprint density at radius 3 is 2.90 bits per heavy atom.